The van der Waals surface area contributed by atoms with Gasteiger partial charge < -0.3 is 38.5 Å². The second-order valence-corrected chi connectivity index (χ2v) is 7.37. The summed E-state index contributed by atoms with van der Waals surface area (Å²) in [6, 6.07) is 0. The van der Waals surface area contributed by atoms with Crippen molar-refractivity contribution in [1.82, 2.24) is 5.32 Å². The lowest BCUT2D eigenvalue weighted by Gasteiger charge is -2.09. The third-order valence-corrected chi connectivity index (χ3v) is 4.03. The molecule has 0 aromatic rings. The first-order valence-corrected chi connectivity index (χ1v) is 11.6. The lowest BCUT2D eigenvalue weighted by molar-refractivity contribution is -0.127. The minimum Gasteiger partial charge on any atom is -0.378 e. The molecule has 0 aliphatic carbocycles. The first-order chi connectivity index (χ1) is 15.5. The molecule has 1 N–H and O–H groups in total. The first kappa shape index (κ1) is 33.2. The summed E-state index contributed by atoms with van der Waals surface area (Å²) in [6.07, 6.45) is 1.76. The number of likely N-dealkylation sites (N-methyl/N-ethyl adjacent to an activating group) is 1. The maximum atomic E-state index is 11.5. The van der Waals surface area contributed by atoms with Crippen molar-refractivity contribution in [3.63, 3.8) is 0 Å². The van der Waals surface area contributed by atoms with Gasteiger partial charge in [-0.3, -0.25) is 4.79 Å². The van der Waals surface area contributed by atoms with E-state index in [2.05, 4.69) is 5.32 Å². The first-order valence-electron chi connectivity index (χ1n) is 11.6. The van der Waals surface area contributed by atoms with Crippen LogP contribution >= 0.6 is 0 Å². The van der Waals surface area contributed by atoms with Gasteiger partial charge in [-0.2, -0.15) is 0 Å². The van der Waals surface area contributed by atoms with Crippen LogP contribution in [-0.2, 0) is 38.0 Å². The number of aldehydes is 1. The third-order valence-electron chi connectivity index (χ3n) is 4.03. The molecular formula is C23H47NO8. The Morgan fingerprint density at radius 1 is 0.719 bits per heavy atom. The summed E-state index contributed by atoms with van der Waals surface area (Å²) in [7, 11) is 1.89. The molecule has 0 aliphatic rings. The Hall–Kier alpha value is -0.940. The Balaban J connectivity index is 0. The number of ether oxygens (including phenoxy) is 6. The lowest BCUT2D eigenvalue weighted by Crippen LogP contribution is -2.19. The molecule has 0 aromatic heterocycles. The zero-order chi connectivity index (χ0) is 24.3. The molecule has 0 radical (unpaired) electrons. The van der Waals surface area contributed by atoms with Crippen molar-refractivity contribution < 1.29 is 38.0 Å². The Labute approximate surface area is 194 Å². The van der Waals surface area contributed by atoms with Crippen LogP contribution in [0.5, 0.6) is 0 Å². The summed E-state index contributed by atoms with van der Waals surface area (Å²) in [5.74, 6) is 0.412. The van der Waals surface area contributed by atoms with Gasteiger partial charge in [0.2, 0.25) is 0 Å². The summed E-state index contributed by atoms with van der Waals surface area (Å²) in [4.78, 5) is 21.0. The van der Waals surface area contributed by atoms with Crippen LogP contribution in [0, 0.1) is 11.8 Å². The molecule has 0 heterocycles. The van der Waals surface area contributed by atoms with Gasteiger partial charge in [0.25, 0.3) is 0 Å². The van der Waals surface area contributed by atoms with Gasteiger partial charge in [0, 0.05) is 18.4 Å². The molecule has 0 aliphatic heterocycles. The monoisotopic (exact) mass is 465 g/mol. The molecule has 0 amide bonds. The molecule has 32 heavy (non-hydrogen) atoms. The second kappa shape index (κ2) is 28.1. The maximum Gasteiger partial charge on any atom is 0.161 e. The highest BCUT2D eigenvalue weighted by Crippen LogP contribution is 2.01. The van der Waals surface area contributed by atoms with E-state index in [0.717, 1.165) is 19.3 Å². The van der Waals surface area contributed by atoms with Crippen LogP contribution in [0.1, 0.15) is 34.1 Å². The van der Waals surface area contributed by atoms with E-state index in [1.54, 1.807) is 0 Å². The van der Waals surface area contributed by atoms with E-state index in [9.17, 15) is 9.59 Å². The fourth-order valence-electron chi connectivity index (χ4n) is 1.82. The smallest absolute Gasteiger partial charge is 0.161 e. The largest absolute Gasteiger partial charge is 0.378 e. The van der Waals surface area contributed by atoms with E-state index < -0.39 is 0 Å². The topological polar surface area (TPSA) is 102 Å². The molecule has 0 saturated carbocycles. The van der Waals surface area contributed by atoms with E-state index in [1.165, 1.54) is 0 Å². The molecule has 0 bridgehead atoms. The highest BCUT2D eigenvalue weighted by Gasteiger charge is 2.09. The Morgan fingerprint density at radius 2 is 1.06 bits per heavy atom. The Morgan fingerprint density at radius 3 is 1.38 bits per heavy atom. The summed E-state index contributed by atoms with van der Waals surface area (Å²) in [6.45, 7) is 14.6. The van der Waals surface area contributed by atoms with Crippen LogP contribution < -0.4 is 5.32 Å². The number of hydrogen-bond acceptors (Lipinski definition) is 9. The molecular weight excluding hydrogens is 418 g/mol. The SMILES string of the molecule is CC(C)C=O.CCC(C)C(=O)COCCOCCOCCOCCOCCOCCNC. The van der Waals surface area contributed by atoms with Gasteiger partial charge in [0.1, 0.15) is 12.9 Å². The average molecular weight is 466 g/mol. The fraction of sp³-hybridized carbons (Fsp3) is 0.913. The number of carbonyl (C=O) groups excluding carboxylic acids is 2. The predicted octanol–water partition coefficient (Wildman–Crippen LogP) is 1.76. The summed E-state index contributed by atoms with van der Waals surface area (Å²) in [5, 5.41) is 3.01. The zero-order valence-electron chi connectivity index (χ0n) is 20.9. The van der Waals surface area contributed by atoms with Crippen molar-refractivity contribution in [3.8, 4) is 0 Å². The maximum absolute atomic E-state index is 11.5. The molecule has 1 atom stereocenters. The predicted molar refractivity (Wildman–Crippen MR) is 124 cm³/mol. The quantitative estimate of drug-likeness (QED) is 0.179. The molecule has 0 saturated heterocycles. The van der Waals surface area contributed by atoms with Crippen LogP contribution in [-0.4, -0.2) is 105 Å². The number of rotatable bonds is 23. The standard InChI is InChI=1S/C19H39NO7.C4H8O/c1-4-18(2)19(21)17-27-16-15-26-14-13-25-12-11-24-10-9-23-8-7-22-6-5-20-3;1-4(2)3-5/h18,20H,4-17H2,1-3H3;3-4H,1-2H3. The van der Waals surface area contributed by atoms with E-state index in [1.807, 2.05) is 34.7 Å². The van der Waals surface area contributed by atoms with Gasteiger partial charge in [0.15, 0.2) is 5.78 Å². The van der Waals surface area contributed by atoms with E-state index in [4.69, 9.17) is 28.4 Å². The van der Waals surface area contributed by atoms with E-state index in [-0.39, 0.29) is 24.2 Å². The molecule has 0 spiro atoms. The minimum absolute atomic E-state index is 0.0652. The number of hydrogen-bond donors (Lipinski definition) is 1. The van der Waals surface area contributed by atoms with Gasteiger partial charge in [-0.25, -0.2) is 0 Å². The molecule has 192 valence electrons. The number of ketones is 1. The summed E-state index contributed by atoms with van der Waals surface area (Å²) in [5.41, 5.74) is 0. The Kier molecular flexibility index (Phi) is 29.2. The second-order valence-electron chi connectivity index (χ2n) is 7.37. The van der Waals surface area contributed by atoms with Crippen LogP contribution in [0.25, 0.3) is 0 Å². The van der Waals surface area contributed by atoms with Crippen molar-refractivity contribution in [1.29, 1.82) is 0 Å². The van der Waals surface area contributed by atoms with Crippen molar-refractivity contribution >= 4 is 12.1 Å². The number of nitrogens with one attached hydrogen (secondary N) is 1. The van der Waals surface area contributed by atoms with Crippen molar-refractivity contribution in [3.05, 3.63) is 0 Å². The van der Waals surface area contributed by atoms with Crippen LogP contribution in [0.3, 0.4) is 0 Å². The normalized spacial score (nSPS) is 11.8. The van der Waals surface area contributed by atoms with E-state index >= 15 is 0 Å². The zero-order valence-corrected chi connectivity index (χ0v) is 20.9. The van der Waals surface area contributed by atoms with Gasteiger partial charge in [-0.1, -0.05) is 27.7 Å². The third kappa shape index (κ3) is 29.1. The molecule has 0 fully saturated rings. The highest BCUT2D eigenvalue weighted by atomic mass is 16.6. The van der Waals surface area contributed by atoms with E-state index in [0.29, 0.717) is 72.7 Å². The average Bonchev–Trinajstić information content (AvgIpc) is 2.80. The molecule has 9 nitrogen and oxygen atoms in total. The molecule has 0 rings (SSSR count). The van der Waals surface area contributed by atoms with Crippen LogP contribution in [0.4, 0.5) is 0 Å². The van der Waals surface area contributed by atoms with Gasteiger partial charge in [0.05, 0.1) is 72.7 Å². The Bertz CT molecular complexity index is 396. The van der Waals surface area contributed by atoms with Crippen molar-refractivity contribution in [2.45, 2.75) is 34.1 Å². The summed E-state index contributed by atoms with van der Waals surface area (Å²) >= 11 is 0. The van der Waals surface area contributed by atoms with Gasteiger partial charge >= 0.3 is 0 Å². The molecule has 0 aromatic carbocycles. The number of Topliss-reactive ketones (excluding diaryl/α,β-unsaturated/α-hetero) is 1. The van der Waals surface area contributed by atoms with Crippen molar-refractivity contribution in [2.24, 2.45) is 11.8 Å². The minimum atomic E-state index is 0.0652. The summed E-state index contributed by atoms with van der Waals surface area (Å²) < 4.78 is 32.2. The fourth-order valence-corrected chi connectivity index (χ4v) is 1.82. The lowest BCUT2D eigenvalue weighted by atomic mass is 10.1. The van der Waals surface area contributed by atoms with Gasteiger partial charge in [-0.05, 0) is 13.5 Å². The van der Waals surface area contributed by atoms with Crippen molar-refractivity contribution in [2.75, 3.05) is 92.9 Å². The molecule has 9 heteroatoms. The van der Waals surface area contributed by atoms with Crippen LogP contribution in [0.15, 0.2) is 0 Å². The molecule has 1 unspecified atom stereocenters. The highest BCUT2D eigenvalue weighted by molar-refractivity contribution is 5.81. The number of carbonyl (C=O) groups is 2. The van der Waals surface area contributed by atoms with Gasteiger partial charge in [-0.15, -0.1) is 0 Å². The van der Waals surface area contributed by atoms with Crippen LogP contribution in [0.2, 0.25) is 0 Å².